The van der Waals surface area contributed by atoms with Gasteiger partial charge in [0.15, 0.2) is 0 Å². The number of piperidine rings is 1. The van der Waals surface area contributed by atoms with E-state index in [9.17, 15) is 0 Å². The molecule has 0 radical (unpaired) electrons. The molecular weight excluding hydrogens is 176 g/mol. The number of nitrogens with one attached hydrogen (secondary N) is 1. The van der Waals surface area contributed by atoms with E-state index in [2.05, 4.69) is 5.32 Å². The monoisotopic (exact) mass is 194 g/mol. The second-order valence-corrected chi connectivity index (χ2v) is 4.06. The number of nitrogens with two attached hydrogens (primary N) is 1. The van der Waals surface area contributed by atoms with E-state index in [1.165, 1.54) is 0 Å². The van der Waals surface area contributed by atoms with E-state index in [0.29, 0.717) is 5.92 Å². The average molecular weight is 194 g/mol. The molecule has 3 nitrogen and oxygen atoms in total. The van der Waals surface area contributed by atoms with Crippen LogP contribution in [0.5, 0.6) is 0 Å². The summed E-state index contributed by atoms with van der Waals surface area (Å²) in [6, 6.07) is 4.06. The van der Waals surface area contributed by atoms with Gasteiger partial charge in [-0.05, 0) is 50.9 Å². The summed E-state index contributed by atoms with van der Waals surface area (Å²) in [5.74, 6) is 2.46. The molecule has 3 heteroatoms. The Morgan fingerprint density at radius 1 is 1.43 bits per heavy atom. The van der Waals surface area contributed by atoms with Crippen LogP contribution >= 0.6 is 0 Å². The summed E-state index contributed by atoms with van der Waals surface area (Å²) in [7, 11) is 0. The summed E-state index contributed by atoms with van der Waals surface area (Å²) < 4.78 is 5.55. The van der Waals surface area contributed by atoms with Crippen LogP contribution in [0.25, 0.3) is 0 Å². The topological polar surface area (TPSA) is 51.2 Å². The Kier molecular flexibility index (Phi) is 2.89. The van der Waals surface area contributed by atoms with Crippen molar-refractivity contribution in [1.82, 2.24) is 5.32 Å². The zero-order valence-electron chi connectivity index (χ0n) is 8.62. The molecule has 0 spiro atoms. The Hall–Kier alpha value is -0.800. The molecule has 78 valence electrons. The zero-order valence-corrected chi connectivity index (χ0v) is 8.62. The lowest BCUT2D eigenvalue weighted by Gasteiger charge is -2.26. The van der Waals surface area contributed by atoms with Gasteiger partial charge in [0.25, 0.3) is 0 Å². The van der Waals surface area contributed by atoms with Gasteiger partial charge in [-0.2, -0.15) is 0 Å². The van der Waals surface area contributed by atoms with Crippen molar-refractivity contribution in [2.45, 2.75) is 25.8 Å². The van der Waals surface area contributed by atoms with Crippen molar-refractivity contribution >= 4 is 0 Å². The van der Waals surface area contributed by atoms with Crippen LogP contribution in [0.1, 0.15) is 30.4 Å². The van der Waals surface area contributed by atoms with E-state index in [0.717, 1.165) is 37.5 Å². The molecule has 1 fully saturated rings. The summed E-state index contributed by atoms with van der Waals surface area (Å²) in [5.41, 5.74) is 6.16. The van der Waals surface area contributed by atoms with Crippen molar-refractivity contribution in [3.63, 3.8) is 0 Å². The molecule has 1 saturated heterocycles. The molecule has 1 aromatic rings. The van der Waals surface area contributed by atoms with Crippen LogP contribution < -0.4 is 11.1 Å². The summed E-state index contributed by atoms with van der Waals surface area (Å²) in [4.78, 5) is 0. The summed E-state index contributed by atoms with van der Waals surface area (Å²) in [6.07, 6.45) is 2.31. The Bertz CT molecular complexity index is 289. The van der Waals surface area contributed by atoms with Gasteiger partial charge in [-0.15, -0.1) is 0 Å². The van der Waals surface area contributed by atoms with Crippen LogP contribution in [0, 0.1) is 12.8 Å². The van der Waals surface area contributed by atoms with Crippen LogP contribution in [-0.4, -0.2) is 13.1 Å². The minimum absolute atomic E-state index is 0.0748. The smallest absolute Gasteiger partial charge is 0.121 e. The fourth-order valence-corrected chi connectivity index (χ4v) is 2.07. The Morgan fingerprint density at radius 2 is 2.14 bits per heavy atom. The lowest BCUT2D eigenvalue weighted by molar-refractivity contribution is 0.289. The second-order valence-electron chi connectivity index (χ2n) is 4.06. The number of aryl methyl sites for hydroxylation is 1. The van der Waals surface area contributed by atoms with Gasteiger partial charge in [0.05, 0.1) is 6.04 Å². The third-order valence-electron chi connectivity index (χ3n) is 2.98. The molecule has 2 rings (SSSR count). The first kappa shape index (κ1) is 9.74. The molecule has 3 N–H and O–H groups in total. The molecule has 0 bridgehead atoms. The van der Waals surface area contributed by atoms with Crippen LogP contribution in [0.4, 0.5) is 0 Å². The van der Waals surface area contributed by atoms with Gasteiger partial charge in [-0.25, -0.2) is 0 Å². The van der Waals surface area contributed by atoms with Crippen molar-refractivity contribution in [2.75, 3.05) is 13.1 Å². The van der Waals surface area contributed by atoms with E-state index >= 15 is 0 Å². The maximum absolute atomic E-state index is 6.16. The minimum atomic E-state index is 0.0748. The SMILES string of the molecule is Cc1ccc([C@H](N)C2CCNCC2)o1. The van der Waals surface area contributed by atoms with Gasteiger partial charge in [0.2, 0.25) is 0 Å². The van der Waals surface area contributed by atoms with Crippen LogP contribution in [0.2, 0.25) is 0 Å². The zero-order chi connectivity index (χ0) is 9.97. The van der Waals surface area contributed by atoms with Gasteiger partial charge in [-0.1, -0.05) is 0 Å². The van der Waals surface area contributed by atoms with Gasteiger partial charge in [0, 0.05) is 0 Å². The van der Waals surface area contributed by atoms with Crippen molar-refractivity contribution in [2.24, 2.45) is 11.7 Å². The maximum atomic E-state index is 6.16. The first-order chi connectivity index (χ1) is 6.77. The predicted molar refractivity (Wildman–Crippen MR) is 56.0 cm³/mol. The molecule has 1 atom stereocenters. The lowest BCUT2D eigenvalue weighted by Crippen LogP contribution is -2.33. The molecule has 1 aromatic heterocycles. The molecule has 1 aliphatic heterocycles. The highest BCUT2D eigenvalue weighted by atomic mass is 16.3. The Balaban J connectivity index is 2.03. The second kappa shape index (κ2) is 4.15. The van der Waals surface area contributed by atoms with Crippen LogP contribution in [0.15, 0.2) is 16.5 Å². The standard InChI is InChI=1S/C11H18N2O/c1-8-2-3-10(14-8)11(12)9-4-6-13-7-5-9/h2-3,9,11,13H,4-7,12H2,1H3/t11-/m1/s1. The molecule has 0 saturated carbocycles. The first-order valence-corrected chi connectivity index (χ1v) is 5.30. The molecule has 0 aromatic carbocycles. The Morgan fingerprint density at radius 3 is 2.71 bits per heavy atom. The van der Waals surface area contributed by atoms with E-state index < -0.39 is 0 Å². The van der Waals surface area contributed by atoms with Crippen molar-refractivity contribution in [1.29, 1.82) is 0 Å². The van der Waals surface area contributed by atoms with Crippen molar-refractivity contribution in [3.05, 3.63) is 23.7 Å². The molecule has 0 unspecified atom stereocenters. The normalized spacial score (nSPS) is 21.0. The number of furan rings is 1. The summed E-state index contributed by atoms with van der Waals surface area (Å²) in [6.45, 7) is 4.12. The average Bonchev–Trinajstić information content (AvgIpc) is 2.65. The fraction of sp³-hybridized carbons (Fsp3) is 0.636. The van der Waals surface area contributed by atoms with Crippen LogP contribution in [-0.2, 0) is 0 Å². The fourth-order valence-electron chi connectivity index (χ4n) is 2.07. The number of hydrogen-bond donors (Lipinski definition) is 2. The summed E-state index contributed by atoms with van der Waals surface area (Å²) in [5, 5.41) is 3.34. The lowest BCUT2D eigenvalue weighted by atomic mass is 9.89. The van der Waals surface area contributed by atoms with E-state index in [4.69, 9.17) is 10.2 Å². The predicted octanol–water partition coefficient (Wildman–Crippen LogP) is 1.59. The van der Waals surface area contributed by atoms with Gasteiger partial charge < -0.3 is 15.5 Å². The summed E-state index contributed by atoms with van der Waals surface area (Å²) >= 11 is 0. The number of rotatable bonds is 2. The Labute approximate surface area is 84.7 Å². The first-order valence-electron chi connectivity index (χ1n) is 5.30. The highest BCUT2D eigenvalue weighted by molar-refractivity contribution is 5.10. The maximum Gasteiger partial charge on any atom is 0.121 e. The number of hydrogen-bond acceptors (Lipinski definition) is 3. The van der Waals surface area contributed by atoms with Crippen molar-refractivity contribution < 1.29 is 4.42 Å². The van der Waals surface area contributed by atoms with Crippen molar-refractivity contribution in [3.8, 4) is 0 Å². The quantitative estimate of drug-likeness (QED) is 0.751. The third-order valence-corrected chi connectivity index (χ3v) is 2.98. The minimum Gasteiger partial charge on any atom is -0.465 e. The molecule has 1 aliphatic rings. The van der Waals surface area contributed by atoms with E-state index in [-0.39, 0.29) is 6.04 Å². The molecule has 0 amide bonds. The molecule has 14 heavy (non-hydrogen) atoms. The van der Waals surface area contributed by atoms with E-state index in [1.807, 2.05) is 19.1 Å². The highest BCUT2D eigenvalue weighted by Gasteiger charge is 2.23. The van der Waals surface area contributed by atoms with Gasteiger partial charge in [-0.3, -0.25) is 0 Å². The van der Waals surface area contributed by atoms with Gasteiger partial charge in [0.1, 0.15) is 11.5 Å². The molecule has 0 aliphatic carbocycles. The largest absolute Gasteiger partial charge is 0.465 e. The third kappa shape index (κ3) is 1.99. The molecule has 2 heterocycles. The molecular formula is C11H18N2O. The highest BCUT2D eigenvalue weighted by Crippen LogP contribution is 2.27. The van der Waals surface area contributed by atoms with Gasteiger partial charge >= 0.3 is 0 Å². The van der Waals surface area contributed by atoms with E-state index in [1.54, 1.807) is 0 Å². The van der Waals surface area contributed by atoms with Crippen LogP contribution in [0.3, 0.4) is 0 Å².